The summed E-state index contributed by atoms with van der Waals surface area (Å²) in [5.74, 6) is 0. The van der Waals surface area contributed by atoms with Crippen LogP contribution in [0.2, 0.25) is 0 Å². The van der Waals surface area contributed by atoms with Gasteiger partial charge in [-0.1, -0.05) is 27.7 Å². The molecule has 0 aliphatic carbocycles. The van der Waals surface area contributed by atoms with Crippen molar-refractivity contribution in [1.82, 2.24) is 4.90 Å². The molecule has 0 bridgehead atoms. The molecule has 0 aromatic carbocycles. The van der Waals surface area contributed by atoms with Gasteiger partial charge in [0.15, 0.2) is 12.4 Å². The summed E-state index contributed by atoms with van der Waals surface area (Å²) in [7, 11) is 0. The second-order valence-corrected chi connectivity index (χ2v) is 3.40. The van der Waals surface area contributed by atoms with Gasteiger partial charge >= 0.3 is 29.6 Å². The maximum absolute atomic E-state index is 8.66. The van der Waals surface area contributed by atoms with Crippen molar-refractivity contribution in [3.63, 3.8) is 0 Å². The average molecular weight is 216 g/mol. The van der Waals surface area contributed by atoms with E-state index < -0.39 is 6.29 Å². The summed E-state index contributed by atoms with van der Waals surface area (Å²) in [6, 6.07) is 0.0957. The van der Waals surface area contributed by atoms with E-state index in [4.69, 9.17) is 10.5 Å². The molecule has 0 radical (unpaired) electrons. The van der Waals surface area contributed by atoms with Gasteiger partial charge in [-0.2, -0.15) is 10.5 Å². The normalized spacial score (nSPS) is 9.67. The smallest absolute Gasteiger partial charge is 0.657 e. The van der Waals surface area contributed by atoms with Gasteiger partial charge in [0.1, 0.15) is 0 Å². The van der Waals surface area contributed by atoms with Gasteiger partial charge in [-0.3, -0.25) is 4.90 Å². The molecule has 0 spiro atoms. The van der Waals surface area contributed by atoms with Gasteiger partial charge in [-0.05, 0) is 0 Å². The van der Waals surface area contributed by atoms with Crippen molar-refractivity contribution in [3.8, 4) is 12.4 Å². The van der Waals surface area contributed by atoms with Gasteiger partial charge in [0.2, 0.25) is 0 Å². The zero-order valence-corrected chi connectivity index (χ0v) is 12.0. The van der Waals surface area contributed by atoms with Crippen LogP contribution in [-0.4, -0.2) is 23.3 Å². The van der Waals surface area contributed by atoms with Crippen molar-refractivity contribution in [2.75, 3.05) is 0 Å². The second-order valence-electron chi connectivity index (χ2n) is 3.40. The van der Waals surface area contributed by atoms with Gasteiger partial charge in [0.25, 0.3) is 0 Å². The van der Waals surface area contributed by atoms with E-state index >= 15 is 0 Å². The van der Waals surface area contributed by atoms with Crippen LogP contribution in [0.3, 0.4) is 0 Å². The number of hydrogen-bond donors (Lipinski definition) is 0. The standard InChI is InChI=1S/C9H15N5.Na/c1-7(2)12-9(13-8(3)4)14(5-10)6-11;/h7-9H,1-4H3;/q-2;+1. The Kier molecular flexibility index (Phi) is 10.2. The number of hydrogen-bond acceptors (Lipinski definition) is 3. The molecule has 6 heteroatoms. The van der Waals surface area contributed by atoms with Gasteiger partial charge < -0.3 is 10.6 Å². The fourth-order valence-corrected chi connectivity index (χ4v) is 0.831. The predicted octanol–water partition coefficient (Wildman–Crippen LogP) is -0.898. The molecule has 0 aromatic rings. The summed E-state index contributed by atoms with van der Waals surface area (Å²) < 4.78 is 0. The van der Waals surface area contributed by atoms with Crippen molar-refractivity contribution < 1.29 is 29.6 Å². The molecule has 0 saturated carbocycles. The molecule has 78 valence electrons. The van der Waals surface area contributed by atoms with Crippen molar-refractivity contribution in [3.05, 3.63) is 10.6 Å². The minimum atomic E-state index is -0.676. The average Bonchev–Trinajstić information content (AvgIpc) is 2.03. The van der Waals surface area contributed by atoms with E-state index in [0.29, 0.717) is 0 Å². The molecule has 0 aliphatic rings. The van der Waals surface area contributed by atoms with E-state index in [1.54, 1.807) is 12.4 Å². The van der Waals surface area contributed by atoms with Crippen LogP contribution >= 0.6 is 0 Å². The largest absolute Gasteiger partial charge is 1.00 e. The first-order valence-electron chi connectivity index (χ1n) is 4.49. The third kappa shape index (κ3) is 7.61. The second kappa shape index (κ2) is 8.96. The summed E-state index contributed by atoms with van der Waals surface area (Å²) in [6.07, 6.45) is 2.82. The molecule has 0 rings (SSSR count). The summed E-state index contributed by atoms with van der Waals surface area (Å²) in [4.78, 5) is 0.889. The molecule has 0 amide bonds. The fraction of sp³-hybridized carbons (Fsp3) is 0.778. The maximum atomic E-state index is 8.66. The van der Waals surface area contributed by atoms with E-state index in [1.165, 1.54) is 0 Å². The molecule has 0 aliphatic heterocycles. The molecule has 0 aromatic heterocycles. The van der Waals surface area contributed by atoms with Crippen LogP contribution < -0.4 is 29.6 Å². The quantitative estimate of drug-likeness (QED) is 0.339. The van der Waals surface area contributed by atoms with E-state index in [0.717, 1.165) is 4.90 Å². The van der Waals surface area contributed by atoms with Gasteiger partial charge in [-0.15, -0.1) is 18.4 Å². The van der Waals surface area contributed by atoms with Crippen molar-refractivity contribution >= 4 is 0 Å². The van der Waals surface area contributed by atoms with Gasteiger partial charge in [-0.25, -0.2) is 0 Å². The van der Waals surface area contributed by atoms with Crippen LogP contribution in [0.4, 0.5) is 0 Å². The van der Waals surface area contributed by atoms with Gasteiger partial charge in [0.05, 0.1) is 0 Å². The molecular weight excluding hydrogens is 201 g/mol. The molecule has 15 heavy (non-hydrogen) atoms. The Hall–Kier alpha value is -0.300. The number of rotatable bonds is 5. The van der Waals surface area contributed by atoms with E-state index in [-0.39, 0.29) is 41.6 Å². The first-order chi connectivity index (χ1) is 6.51. The Morgan fingerprint density at radius 2 is 1.27 bits per heavy atom. The Labute approximate surface area is 114 Å². The Morgan fingerprint density at radius 3 is 1.47 bits per heavy atom. The topological polar surface area (TPSA) is 79.0 Å². The summed E-state index contributed by atoms with van der Waals surface area (Å²) in [6.45, 7) is 7.54. The first kappa shape index (κ1) is 17.1. The Balaban J connectivity index is 0. The maximum Gasteiger partial charge on any atom is 1.00 e. The fourth-order valence-electron chi connectivity index (χ4n) is 0.831. The van der Waals surface area contributed by atoms with Crippen LogP contribution in [0.15, 0.2) is 0 Å². The zero-order chi connectivity index (χ0) is 11.1. The van der Waals surface area contributed by atoms with E-state index in [2.05, 4.69) is 10.6 Å². The number of nitrogens with zero attached hydrogens (tertiary/aromatic N) is 5. The summed E-state index contributed by atoms with van der Waals surface area (Å²) in [5.41, 5.74) is 0. The van der Waals surface area contributed by atoms with Crippen LogP contribution in [-0.2, 0) is 0 Å². The SMILES string of the molecule is CC(C)[N-]C([N-]C(C)C)N(C#N)C#N.[Na+]. The minimum absolute atomic E-state index is 0. The Bertz CT molecular complexity index is 216. The zero-order valence-electron chi connectivity index (χ0n) is 9.97. The number of nitriles is 2. The van der Waals surface area contributed by atoms with Crippen molar-refractivity contribution in [2.24, 2.45) is 0 Å². The molecule has 0 saturated heterocycles. The van der Waals surface area contributed by atoms with Crippen LogP contribution in [0.1, 0.15) is 27.7 Å². The Morgan fingerprint density at radius 1 is 0.933 bits per heavy atom. The third-order valence-corrected chi connectivity index (χ3v) is 1.31. The molecule has 0 unspecified atom stereocenters. The van der Waals surface area contributed by atoms with Gasteiger partial charge in [0, 0.05) is 0 Å². The molecule has 0 N–H and O–H groups in total. The molecule has 5 nitrogen and oxygen atoms in total. The third-order valence-electron chi connectivity index (χ3n) is 1.31. The molecule has 0 fully saturated rings. The molecule has 0 atom stereocenters. The van der Waals surface area contributed by atoms with Crippen LogP contribution in [0.25, 0.3) is 10.6 Å². The van der Waals surface area contributed by atoms with E-state index in [9.17, 15) is 0 Å². The van der Waals surface area contributed by atoms with Crippen LogP contribution in [0, 0.1) is 22.9 Å². The summed E-state index contributed by atoms with van der Waals surface area (Å²) in [5, 5.41) is 25.7. The summed E-state index contributed by atoms with van der Waals surface area (Å²) >= 11 is 0. The molecular formula is C9H15N5Na-. The molecule has 0 heterocycles. The monoisotopic (exact) mass is 216 g/mol. The predicted molar refractivity (Wildman–Crippen MR) is 53.8 cm³/mol. The first-order valence-corrected chi connectivity index (χ1v) is 4.49. The van der Waals surface area contributed by atoms with E-state index in [1.807, 2.05) is 27.7 Å². The van der Waals surface area contributed by atoms with Crippen molar-refractivity contribution in [2.45, 2.75) is 46.1 Å². The van der Waals surface area contributed by atoms with Crippen molar-refractivity contribution in [1.29, 1.82) is 10.5 Å². The van der Waals surface area contributed by atoms with Crippen LogP contribution in [0.5, 0.6) is 0 Å². The minimum Gasteiger partial charge on any atom is -0.657 e.